The van der Waals surface area contributed by atoms with E-state index < -0.39 is 45.1 Å². The van der Waals surface area contributed by atoms with Crippen LogP contribution in [0.2, 0.25) is 0 Å². The van der Waals surface area contributed by atoms with Crippen LogP contribution in [0.4, 0.5) is 0 Å². The zero-order chi connectivity index (χ0) is 41.2. The molecule has 0 aliphatic rings. The molecule has 4 N–H and O–H groups in total. The summed E-state index contributed by atoms with van der Waals surface area (Å²) in [6.07, 6.45) is 50.8. The molecule has 3 atom stereocenters. The van der Waals surface area contributed by atoms with Crippen LogP contribution in [0.5, 0.6) is 0 Å². The van der Waals surface area contributed by atoms with Crippen molar-refractivity contribution in [3.05, 3.63) is 85.1 Å². The lowest BCUT2D eigenvalue weighted by Gasteiger charge is -2.20. The minimum atomic E-state index is -4.64. The van der Waals surface area contributed by atoms with E-state index >= 15 is 0 Å². The fourth-order valence-corrected chi connectivity index (χ4v) is 5.95. The van der Waals surface area contributed by atoms with Gasteiger partial charge >= 0.3 is 19.8 Å². The number of carboxylic acid groups (broad SMARTS) is 1. The third kappa shape index (κ3) is 39.4. The fraction of sp³-hybridized carbons (Fsp3) is 0.644. The van der Waals surface area contributed by atoms with Gasteiger partial charge in [0, 0.05) is 6.42 Å². The minimum Gasteiger partial charge on any atom is -0.480 e. The Hall–Kier alpha value is -2.85. The van der Waals surface area contributed by atoms with Crippen LogP contribution in [-0.2, 0) is 32.7 Å². The van der Waals surface area contributed by atoms with Gasteiger partial charge in [-0.1, -0.05) is 150 Å². The Kier molecular flexibility index (Phi) is 38.3. The van der Waals surface area contributed by atoms with E-state index in [0.29, 0.717) is 19.4 Å². The first-order valence-corrected chi connectivity index (χ1v) is 22.6. The summed E-state index contributed by atoms with van der Waals surface area (Å²) in [6.45, 7) is 3.50. The molecule has 0 bridgehead atoms. The van der Waals surface area contributed by atoms with Crippen LogP contribution < -0.4 is 5.73 Å². The van der Waals surface area contributed by atoms with Crippen molar-refractivity contribution >= 4 is 19.8 Å². The van der Waals surface area contributed by atoms with Crippen molar-refractivity contribution in [2.75, 3.05) is 26.4 Å². The highest BCUT2D eigenvalue weighted by Gasteiger charge is 2.27. The number of carboxylic acids is 1. The van der Waals surface area contributed by atoms with E-state index in [1.54, 1.807) is 0 Å². The number of rotatable bonds is 39. The first-order chi connectivity index (χ1) is 27.2. The van der Waals surface area contributed by atoms with Crippen LogP contribution in [0.1, 0.15) is 149 Å². The number of aliphatic carboxylic acids is 1. The highest BCUT2D eigenvalue weighted by atomic mass is 31.2. The maximum Gasteiger partial charge on any atom is 0.472 e. The predicted octanol–water partition coefficient (Wildman–Crippen LogP) is 11.6. The molecular formula is C45H76NO9P. The van der Waals surface area contributed by atoms with E-state index in [-0.39, 0.29) is 13.0 Å². The van der Waals surface area contributed by atoms with Crippen molar-refractivity contribution < 1.29 is 42.7 Å². The first kappa shape index (κ1) is 53.1. The first-order valence-electron chi connectivity index (χ1n) is 21.1. The molecule has 11 heteroatoms. The normalized spacial score (nSPS) is 14.8. The number of phosphoric ester groups is 1. The zero-order valence-electron chi connectivity index (χ0n) is 34.7. The van der Waals surface area contributed by atoms with Gasteiger partial charge < -0.3 is 25.2 Å². The lowest BCUT2D eigenvalue weighted by atomic mass is 10.1. The van der Waals surface area contributed by atoms with Crippen LogP contribution in [0.15, 0.2) is 85.1 Å². The second-order valence-electron chi connectivity index (χ2n) is 13.7. The summed E-state index contributed by atoms with van der Waals surface area (Å²) in [7, 11) is -4.64. The van der Waals surface area contributed by atoms with Crippen LogP contribution >= 0.6 is 7.82 Å². The standard InChI is InChI=1S/C45H76NO9P/c1-3-5-7-9-11-13-15-17-19-21-22-23-25-27-29-31-33-35-37-44(47)55-42(40-53-56(50,51)54-41-43(46)45(48)49)39-52-38-36-34-32-30-28-26-24-20-18-16-14-12-10-8-6-4-2/h6,8,12-15,18-21,26,28,32,34,42-43H,3-5,7,9-11,16-17,22-25,27,29-31,33,35-41,46H2,1-2H3,(H,48,49)(H,50,51)/b8-6-,14-12-,15-13-,20-18-,21-19-,28-26-,34-32-. The van der Waals surface area contributed by atoms with Crippen molar-refractivity contribution in [2.45, 2.75) is 161 Å². The Bertz CT molecular complexity index is 1210. The zero-order valence-corrected chi connectivity index (χ0v) is 35.6. The number of carbonyl (C=O) groups excluding carboxylic acids is 1. The summed E-state index contributed by atoms with van der Waals surface area (Å²) in [5.74, 6) is -1.83. The van der Waals surface area contributed by atoms with E-state index in [4.69, 9.17) is 29.4 Å². The van der Waals surface area contributed by atoms with Gasteiger partial charge in [0.15, 0.2) is 0 Å². The topological polar surface area (TPSA) is 155 Å². The van der Waals surface area contributed by atoms with E-state index in [2.05, 4.69) is 86.8 Å². The van der Waals surface area contributed by atoms with Gasteiger partial charge in [0.1, 0.15) is 12.1 Å². The second-order valence-corrected chi connectivity index (χ2v) is 15.2. The maximum absolute atomic E-state index is 12.6. The van der Waals surface area contributed by atoms with E-state index in [1.807, 2.05) is 12.2 Å². The van der Waals surface area contributed by atoms with Crippen molar-refractivity contribution in [2.24, 2.45) is 5.73 Å². The highest BCUT2D eigenvalue weighted by molar-refractivity contribution is 7.47. The van der Waals surface area contributed by atoms with E-state index in [0.717, 1.165) is 64.2 Å². The van der Waals surface area contributed by atoms with Crippen LogP contribution in [0.3, 0.4) is 0 Å². The molecule has 0 rings (SSSR count). The molecule has 0 amide bonds. The summed E-state index contributed by atoms with van der Waals surface area (Å²) in [6, 6.07) is -1.49. The van der Waals surface area contributed by atoms with Gasteiger partial charge in [-0.05, 0) is 77.0 Å². The minimum absolute atomic E-state index is 0.0455. The molecular weight excluding hydrogens is 729 g/mol. The number of esters is 1. The molecule has 0 aromatic heterocycles. The molecule has 0 spiro atoms. The number of allylic oxidation sites excluding steroid dienone is 13. The fourth-order valence-electron chi connectivity index (χ4n) is 5.17. The van der Waals surface area contributed by atoms with Crippen LogP contribution in [-0.4, -0.2) is 60.5 Å². The molecule has 10 nitrogen and oxygen atoms in total. The third-order valence-electron chi connectivity index (χ3n) is 8.43. The van der Waals surface area contributed by atoms with Gasteiger partial charge in [0.25, 0.3) is 0 Å². The number of unbranched alkanes of at least 4 members (excludes halogenated alkanes) is 11. The Morgan fingerprint density at radius 1 is 0.589 bits per heavy atom. The smallest absolute Gasteiger partial charge is 0.472 e. The van der Waals surface area contributed by atoms with Crippen molar-refractivity contribution in [1.29, 1.82) is 0 Å². The Morgan fingerprint density at radius 3 is 1.55 bits per heavy atom. The molecule has 0 aromatic rings. The molecule has 0 saturated heterocycles. The van der Waals surface area contributed by atoms with Crippen molar-refractivity contribution in [1.82, 2.24) is 0 Å². The SMILES string of the molecule is CC/C=C\C/C=C\C/C=C\C/C=C\C/C=C\CCOCC(COP(=O)(O)OCC(N)C(=O)O)OC(=O)CCCCCCCCC/C=C\C/C=C\CCCCCC. The van der Waals surface area contributed by atoms with Gasteiger partial charge in [-0.2, -0.15) is 0 Å². The Labute approximate surface area is 339 Å². The molecule has 0 saturated carbocycles. The molecule has 0 aliphatic carbocycles. The monoisotopic (exact) mass is 806 g/mol. The van der Waals surface area contributed by atoms with Gasteiger partial charge in [0.2, 0.25) is 0 Å². The molecule has 56 heavy (non-hydrogen) atoms. The summed E-state index contributed by atoms with van der Waals surface area (Å²) in [4.78, 5) is 33.5. The largest absolute Gasteiger partial charge is 0.480 e. The van der Waals surface area contributed by atoms with E-state index in [1.165, 1.54) is 51.4 Å². The molecule has 0 radical (unpaired) electrons. The lowest BCUT2D eigenvalue weighted by molar-refractivity contribution is -0.154. The summed E-state index contributed by atoms with van der Waals surface area (Å²) < 4.78 is 33.2. The van der Waals surface area contributed by atoms with Crippen molar-refractivity contribution in [3.8, 4) is 0 Å². The van der Waals surface area contributed by atoms with Gasteiger partial charge in [-0.15, -0.1) is 0 Å². The summed E-state index contributed by atoms with van der Waals surface area (Å²) in [5.41, 5.74) is 5.34. The quantitative estimate of drug-likeness (QED) is 0.0237. The average Bonchev–Trinajstić information content (AvgIpc) is 3.18. The van der Waals surface area contributed by atoms with Crippen molar-refractivity contribution in [3.63, 3.8) is 0 Å². The van der Waals surface area contributed by atoms with E-state index in [9.17, 15) is 19.0 Å². The number of hydrogen-bond acceptors (Lipinski definition) is 8. The Morgan fingerprint density at radius 2 is 1.04 bits per heavy atom. The highest BCUT2D eigenvalue weighted by Crippen LogP contribution is 2.43. The molecule has 0 aromatic carbocycles. The molecule has 0 heterocycles. The second kappa shape index (κ2) is 40.4. The third-order valence-corrected chi connectivity index (χ3v) is 9.38. The van der Waals surface area contributed by atoms with Gasteiger partial charge in [-0.3, -0.25) is 18.6 Å². The molecule has 320 valence electrons. The molecule has 0 aliphatic heterocycles. The average molecular weight is 806 g/mol. The van der Waals surface area contributed by atoms with Crippen LogP contribution in [0.25, 0.3) is 0 Å². The molecule has 0 fully saturated rings. The number of carbonyl (C=O) groups is 2. The van der Waals surface area contributed by atoms with Gasteiger partial charge in [-0.25, -0.2) is 4.57 Å². The predicted molar refractivity (Wildman–Crippen MR) is 230 cm³/mol. The number of ether oxygens (including phenoxy) is 2. The van der Waals surface area contributed by atoms with Crippen LogP contribution in [0, 0.1) is 0 Å². The number of nitrogens with two attached hydrogens (primary N) is 1. The number of hydrogen-bond donors (Lipinski definition) is 3. The summed E-state index contributed by atoms with van der Waals surface area (Å²) >= 11 is 0. The number of phosphoric acid groups is 1. The lowest BCUT2D eigenvalue weighted by Crippen LogP contribution is -2.34. The van der Waals surface area contributed by atoms with Gasteiger partial charge in [0.05, 0.1) is 26.4 Å². The maximum atomic E-state index is 12.6. The molecule has 3 unspecified atom stereocenters. The Balaban J connectivity index is 4.40. The summed E-state index contributed by atoms with van der Waals surface area (Å²) in [5, 5.41) is 8.89.